The number of carbonyl (C=O) groups is 2. The Morgan fingerprint density at radius 3 is 2.48 bits per heavy atom. The monoisotopic (exact) mass is 325 g/mol. The van der Waals surface area contributed by atoms with Gasteiger partial charge in [-0.25, -0.2) is 8.78 Å². The van der Waals surface area contributed by atoms with Crippen LogP contribution >= 0.6 is 0 Å². The molecule has 2 rings (SSSR count). The molecule has 1 heterocycles. The summed E-state index contributed by atoms with van der Waals surface area (Å²) in [7, 11) is 0. The van der Waals surface area contributed by atoms with Crippen LogP contribution in [0.15, 0.2) is 18.2 Å². The van der Waals surface area contributed by atoms with Crippen LogP contribution in [0, 0.1) is 11.6 Å². The molecule has 0 aromatic heterocycles. The molecule has 1 aromatic rings. The molecule has 1 fully saturated rings. The zero-order chi connectivity index (χ0) is 17.0. The second kappa shape index (κ2) is 7.50. The van der Waals surface area contributed by atoms with Gasteiger partial charge in [0.2, 0.25) is 5.91 Å². The van der Waals surface area contributed by atoms with Crippen LogP contribution in [0.4, 0.5) is 8.78 Å². The van der Waals surface area contributed by atoms with Crippen molar-refractivity contribution >= 4 is 11.8 Å². The molecule has 1 saturated heterocycles. The van der Waals surface area contributed by atoms with Crippen molar-refractivity contribution in [1.29, 1.82) is 0 Å². The Morgan fingerprint density at radius 1 is 1.26 bits per heavy atom. The smallest absolute Gasteiger partial charge is 0.251 e. The highest BCUT2D eigenvalue weighted by Gasteiger charge is 2.25. The molecule has 1 aliphatic heterocycles. The van der Waals surface area contributed by atoms with E-state index in [2.05, 4.69) is 29.4 Å². The molecule has 1 atom stereocenters. The summed E-state index contributed by atoms with van der Waals surface area (Å²) in [6.07, 6.45) is 0.868. The number of nitrogens with one attached hydrogen (secondary N) is 2. The van der Waals surface area contributed by atoms with E-state index in [0.29, 0.717) is 12.1 Å². The number of hydrogen-bond donors (Lipinski definition) is 2. The minimum absolute atomic E-state index is 0.0633. The summed E-state index contributed by atoms with van der Waals surface area (Å²) in [5.41, 5.74) is -0.151. The fraction of sp³-hybridized carbons (Fsp3) is 0.500. The van der Waals surface area contributed by atoms with E-state index >= 15 is 0 Å². The summed E-state index contributed by atoms with van der Waals surface area (Å²) < 4.78 is 26.1. The first-order valence-electron chi connectivity index (χ1n) is 7.63. The van der Waals surface area contributed by atoms with Crippen LogP contribution in [0.5, 0.6) is 0 Å². The molecule has 0 bridgehead atoms. The summed E-state index contributed by atoms with van der Waals surface area (Å²) in [4.78, 5) is 25.9. The van der Waals surface area contributed by atoms with Gasteiger partial charge >= 0.3 is 0 Å². The summed E-state index contributed by atoms with van der Waals surface area (Å²) >= 11 is 0. The minimum atomic E-state index is -0.834. The second-order valence-corrected chi connectivity index (χ2v) is 5.98. The SMILES string of the molecule is CC(C)N1CCC(NC(=O)CNC(=O)c2cc(F)cc(F)c2)C1. The van der Waals surface area contributed by atoms with Crippen LogP contribution in [-0.4, -0.2) is 48.4 Å². The van der Waals surface area contributed by atoms with Crippen molar-refractivity contribution in [2.24, 2.45) is 0 Å². The third-order valence-corrected chi connectivity index (χ3v) is 3.85. The number of carbonyl (C=O) groups excluding carboxylic acids is 2. The summed E-state index contributed by atoms with van der Waals surface area (Å²) in [5.74, 6) is -2.67. The van der Waals surface area contributed by atoms with Crippen LogP contribution in [0.2, 0.25) is 0 Å². The average molecular weight is 325 g/mol. The predicted octanol–water partition coefficient (Wildman–Crippen LogP) is 1.29. The van der Waals surface area contributed by atoms with Gasteiger partial charge in [-0.15, -0.1) is 0 Å². The minimum Gasteiger partial charge on any atom is -0.350 e. The van der Waals surface area contributed by atoms with Crippen molar-refractivity contribution < 1.29 is 18.4 Å². The van der Waals surface area contributed by atoms with E-state index in [0.717, 1.165) is 31.6 Å². The Bertz CT molecular complexity index is 572. The Hall–Kier alpha value is -2.02. The second-order valence-electron chi connectivity index (χ2n) is 5.98. The maximum absolute atomic E-state index is 13.1. The zero-order valence-corrected chi connectivity index (χ0v) is 13.2. The van der Waals surface area contributed by atoms with Crippen LogP contribution in [-0.2, 0) is 4.79 Å². The van der Waals surface area contributed by atoms with Gasteiger partial charge in [-0.3, -0.25) is 14.5 Å². The molecule has 1 unspecified atom stereocenters. The first kappa shape index (κ1) is 17.3. The molecule has 0 spiro atoms. The predicted molar refractivity (Wildman–Crippen MR) is 81.9 cm³/mol. The van der Waals surface area contributed by atoms with Gasteiger partial charge in [0.15, 0.2) is 0 Å². The third-order valence-electron chi connectivity index (χ3n) is 3.85. The van der Waals surface area contributed by atoms with Gasteiger partial charge in [0.05, 0.1) is 6.54 Å². The molecule has 126 valence electrons. The molecule has 2 amide bonds. The van der Waals surface area contributed by atoms with Crippen molar-refractivity contribution in [1.82, 2.24) is 15.5 Å². The number of rotatable bonds is 5. The van der Waals surface area contributed by atoms with Gasteiger partial charge in [0.25, 0.3) is 5.91 Å². The van der Waals surface area contributed by atoms with Gasteiger partial charge in [-0.1, -0.05) is 0 Å². The fourth-order valence-electron chi connectivity index (χ4n) is 2.60. The molecule has 0 saturated carbocycles. The lowest BCUT2D eigenvalue weighted by molar-refractivity contribution is -0.120. The highest BCUT2D eigenvalue weighted by molar-refractivity contribution is 5.96. The molecule has 0 radical (unpaired) electrons. The lowest BCUT2D eigenvalue weighted by Crippen LogP contribution is -2.43. The third kappa shape index (κ3) is 4.99. The molecule has 0 aliphatic carbocycles. The molecule has 5 nitrogen and oxygen atoms in total. The van der Waals surface area contributed by atoms with Crippen LogP contribution in [0.25, 0.3) is 0 Å². The maximum Gasteiger partial charge on any atom is 0.251 e. The van der Waals surface area contributed by atoms with Crippen molar-refractivity contribution in [2.75, 3.05) is 19.6 Å². The van der Waals surface area contributed by atoms with Crippen molar-refractivity contribution in [3.63, 3.8) is 0 Å². The highest BCUT2D eigenvalue weighted by atomic mass is 19.1. The summed E-state index contributed by atoms with van der Waals surface area (Å²) in [6.45, 7) is 5.68. The lowest BCUT2D eigenvalue weighted by Gasteiger charge is -2.20. The molecular formula is C16H21F2N3O2. The zero-order valence-electron chi connectivity index (χ0n) is 13.2. The van der Waals surface area contributed by atoms with Gasteiger partial charge in [-0.05, 0) is 32.4 Å². The number of halogens is 2. The lowest BCUT2D eigenvalue weighted by atomic mass is 10.2. The van der Waals surface area contributed by atoms with Crippen LogP contribution in [0.1, 0.15) is 30.6 Å². The highest BCUT2D eigenvalue weighted by Crippen LogP contribution is 2.12. The standard InChI is InChI=1S/C16H21F2N3O2/c1-10(2)21-4-3-14(9-21)20-15(22)8-19-16(23)11-5-12(17)7-13(18)6-11/h5-7,10,14H,3-4,8-9H2,1-2H3,(H,19,23)(H,20,22). The van der Waals surface area contributed by atoms with Gasteiger partial charge < -0.3 is 10.6 Å². The van der Waals surface area contributed by atoms with E-state index in [4.69, 9.17) is 0 Å². The normalized spacial score (nSPS) is 18.2. The fourth-order valence-corrected chi connectivity index (χ4v) is 2.60. The molecule has 1 aliphatic rings. The topological polar surface area (TPSA) is 61.4 Å². The Kier molecular flexibility index (Phi) is 5.65. The van der Waals surface area contributed by atoms with E-state index in [1.54, 1.807) is 0 Å². The number of amides is 2. The molecular weight excluding hydrogens is 304 g/mol. The van der Waals surface area contributed by atoms with E-state index in [1.165, 1.54) is 0 Å². The van der Waals surface area contributed by atoms with Gasteiger partial charge in [0.1, 0.15) is 11.6 Å². The summed E-state index contributed by atoms with van der Waals surface area (Å²) in [5, 5.41) is 5.21. The Labute approximate surface area is 134 Å². The number of benzene rings is 1. The number of nitrogens with zero attached hydrogens (tertiary/aromatic N) is 1. The van der Waals surface area contributed by atoms with Crippen LogP contribution in [0.3, 0.4) is 0 Å². The Morgan fingerprint density at radius 2 is 1.91 bits per heavy atom. The van der Waals surface area contributed by atoms with E-state index in [-0.39, 0.29) is 24.1 Å². The molecule has 1 aromatic carbocycles. The molecule has 7 heteroatoms. The van der Waals surface area contributed by atoms with Crippen molar-refractivity contribution in [3.8, 4) is 0 Å². The van der Waals surface area contributed by atoms with Crippen LogP contribution < -0.4 is 10.6 Å². The summed E-state index contributed by atoms with van der Waals surface area (Å²) in [6, 6.07) is 3.03. The molecule has 2 N–H and O–H groups in total. The van der Waals surface area contributed by atoms with Crippen molar-refractivity contribution in [3.05, 3.63) is 35.4 Å². The Balaban J connectivity index is 1.79. The van der Waals surface area contributed by atoms with E-state index in [9.17, 15) is 18.4 Å². The number of likely N-dealkylation sites (tertiary alicyclic amines) is 1. The first-order chi connectivity index (χ1) is 10.8. The van der Waals surface area contributed by atoms with E-state index in [1.807, 2.05) is 0 Å². The van der Waals surface area contributed by atoms with Crippen molar-refractivity contribution in [2.45, 2.75) is 32.4 Å². The first-order valence-corrected chi connectivity index (χ1v) is 7.63. The number of hydrogen-bond acceptors (Lipinski definition) is 3. The largest absolute Gasteiger partial charge is 0.350 e. The van der Waals surface area contributed by atoms with Gasteiger partial charge in [0, 0.05) is 36.8 Å². The van der Waals surface area contributed by atoms with Gasteiger partial charge in [-0.2, -0.15) is 0 Å². The quantitative estimate of drug-likeness (QED) is 0.858. The maximum atomic E-state index is 13.1. The van der Waals surface area contributed by atoms with E-state index < -0.39 is 17.5 Å². The average Bonchev–Trinajstić information content (AvgIpc) is 2.92. The molecule has 23 heavy (non-hydrogen) atoms.